The maximum atomic E-state index is 10.9. The third-order valence-corrected chi connectivity index (χ3v) is 5.76. The Bertz CT molecular complexity index is 924. The fraction of sp³-hybridized carbons (Fsp3) is 0.348. The monoisotopic (exact) mass is 399 g/mol. The Morgan fingerprint density at radius 2 is 1.37 bits per heavy atom. The molecule has 27 heavy (non-hydrogen) atoms. The molecule has 4 heteroatoms. The average Bonchev–Trinajstić information content (AvgIpc) is 3.03. The number of halogens is 1. The Morgan fingerprint density at radius 1 is 0.852 bits per heavy atom. The lowest BCUT2D eigenvalue weighted by atomic mass is 9.78. The minimum Gasteiger partial charge on any atom is -0.507 e. The van der Waals surface area contributed by atoms with E-state index in [1.165, 1.54) is 0 Å². The molecule has 0 aliphatic carbocycles. The lowest BCUT2D eigenvalue weighted by molar-refractivity contribution is 0.423. The Balaban J connectivity index is 2.13. The second-order valence-corrected chi connectivity index (χ2v) is 10.3. The van der Waals surface area contributed by atoms with E-state index in [1.807, 2.05) is 24.3 Å². The second-order valence-electron chi connectivity index (χ2n) is 8.96. The zero-order valence-electron chi connectivity index (χ0n) is 16.7. The van der Waals surface area contributed by atoms with Gasteiger partial charge < -0.3 is 5.11 Å². The quantitative estimate of drug-likeness (QED) is 0.485. The highest BCUT2D eigenvalue weighted by atomic mass is 35.5. The zero-order valence-corrected chi connectivity index (χ0v) is 18.3. The first kappa shape index (κ1) is 19.9. The highest BCUT2D eigenvalue weighted by molar-refractivity contribution is 7.13. The van der Waals surface area contributed by atoms with Crippen molar-refractivity contribution >= 4 is 22.9 Å². The molecule has 0 aliphatic rings. The van der Waals surface area contributed by atoms with E-state index in [0.29, 0.717) is 5.75 Å². The summed E-state index contributed by atoms with van der Waals surface area (Å²) in [4.78, 5) is 4.85. The lowest BCUT2D eigenvalue weighted by Crippen LogP contribution is -2.17. The van der Waals surface area contributed by atoms with Crippen molar-refractivity contribution < 1.29 is 5.11 Å². The Labute approximate surface area is 170 Å². The molecule has 0 saturated carbocycles. The van der Waals surface area contributed by atoms with Crippen LogP contribution in [0.5, 0.6) is 5.75 Å². The molecule has 0 saturated heterocycles. The van der Waals surface area contributed by atoms with E-state index >= 15 is 0 Å². The molecule has 0 amide bonds. The van der Waals surface area contributed by atoms with Gasteiger partial charge in [0.1, 0.15) is 10.8 Å². The van der Waals surface area contributed by atoms with E-state index in [2.05, 4.69) is 59.1 Å². The van der Waals surface area contributed by atoms with Crippen molar-refractivity contribution in [2.45, 2.75) is 52.4 Å². The lowest BCUT2D eigenvalue weighted by Gasteiger charge is -2.28. The van der Waals surface area contributed by atoms with Crippen LogP contribution in [0.1, 0.15) is 52.7 Å². The van der Waals surface area contributed by atoms with Gasteiger partial charge in [-0.15, -0.1) is 11.3 Å². The molecule has 0 fully saturated rings. The van der Waals surface area contributed by atoms with Gasteiger partial charge >= 0.3 is 0 Å². The predicted octanol–water partition coefficient (Wildman–Crippen LogP) is 7.43. The minimum atomic E-state index is -0.158. The van der Waals surface area contributed by atoms with Crippen LogP contribution in [0.4, 0.5) is 0 Å². The van der Waals surface area contributed by atoms with Crippen LogP contribution in [0.2, 0.25) is 5.02 Å². The highest BCUT2D eigenvalue weighted by Gasteiger charge is 2.27. The predicted molar refractivity (Wildman–Crippen MR) is 117 cm³/mol. The molecule has 2 nitrogen and oxygen atoms in total. The van der Waals surface area contributed by atoms with E-state index < -0.39 is 0 Å². The number of thiazole rings is 1. The summed E-state index contributed by atoms with van der Waals surface area (Å²) in [7, 11) is 0. The van der Waals surface area contributed by atoms with Crippen molar-refractivity contribution in [1.29, 1.82) is 0 Å². The molecule has 2 aromatic carbocycles. The number of phenolic OH excluding ortho intramolecular Hbond substituents is 1. The van der Waals surface area contributed by atoms with Gasteiger partial charge in [0.15, 0.2) is 0 Å². The van der Waals surface area contributed by atoms with Crippen LogP contribution >= 0.6 is 22.9 Å². The van der Waals surface area contributed by atoms with E-state index in [0.717, 1.165) is 38.0 Å². The van der Waals surface area contributed by atoms with Gasteiger partial charge in [-0.2, -0.15) is 0 Å². The fourth-order valence-electron chi connectivity index (χ4n) is 3.06. The van der Waals surface area contributed by atoms with Crippen molar-refractivity contribution in [3.8, 4) is 27.6 Å². The third-order valence-electron chi connectivity index (χ3n) is 4.62. The topological polar surface area (TPSA) is 33.1 Å². The molecular formula is C23H26ClNOS. The summed E-state index contributed by atoms with van der Waals surface area (Å²) in [6.45, 7) is 12.7. The highest BCUT2D eigenvalue weighted by Crippen LogP contribution is 2.42. The largest absolute Gasteiger partial charge is 0.507 e. The van der Waals surface area contributed by atoms with Gasteiger partial charge in [-0.1, -0.05) is 65.3 Å². The van der Waals surface area contributed by atoms with Crippen molar-refractivity contribution in [3.05, 3.63) is 57.9 Å². The molecule has 0 aliphatic heterocycles. The first-order valence-electron chi connectivity index (χ1n) is 9.06. The molecular weight excluding hydrogens is 374 g/mol. The van der Waals surface area contributed by atoms with E-state index in [-0.39, 0.29) is 10.8 Å². The van der Waals surface area contributed by atoms with Crippen LogP contribution < -0.4 is 0 Å². The third kappa shape index (κ3) is 4.20. The number of aromatic nitrogens is 1. The normalized spacial score (nSPS) is 12.4. The van der Waals surface area contributed by atoms with Crippen LogP contribution in [-0.4, -0.2) is 10.1 Å². The van der Waals surface area contributed by atoms with E-state index in [9.17, 15) is 5.11 Å². The summed E-state index contributed by atoms with van der Waals surface area (Å²) in [5, 5.41) is 14.7. The first-order valence-corrected chi connectivity index (χ1v) is 10.3. The Hall–Kier alpha value is -1.84. The van der Waals surface area contributed by atoms with Crippen molar-refractivity contribution in [2.75, 3.05) is 0 Å². The number of hydrogen-bond acceptors (Lipinski definition) is 3. The molecule has 1 N–H and O–H groups in total. The van der Waals surface area contributed by atoms with Crippen LogP contribution in [0.15, 0.2) is 41.8 Å². The summed E-state index contributed by atoms with van der Waals surface area (Å²) in [5.74, 6) is 0.395. The van der Waals surface area contributed by atoms with Crippen molar-refractivity contribution in [2.24, 2.45) is 0 Å². The van der Waals surface area contributed by atoms with E-state index in [4.69, 9.17) is 16.6 Å². The second kappa shape index (κ2) is 6.96. The summed E-state index contributed by atoms with van der Waals surface area (Å²) >= 11 is 7.61. The van der Waals surface area contributed by atoms with E-state index in [1.54, 1.807) is 11.3 Å². The van der Waals surface area contributed by atoms with Gasteiger partial charge in [0.25, 0.3) is 0 Å². The van der Waals surface area contributed by atoms with Gasteiger partial charge in [0.2, 0.25) is 0 Å². The standard InChI is InChI=1S/C23H26ClNOS/c1-22(2,3)17-11-15(12-18(20(17)26)23(4,5)6)19-13-27-21(25-19)14-7-9-16(24)10-8-14/h7-13,26H,1-6H3. The fourth-order valence-corrected chi connectivity index (χ4v) is 4.02. The Kier molecular flexibility index (Phi) is 5.13. The SMILES string of the molecule is CC(C)(C)c1cc(-c2csc(-c3ccc(Cl)cc3)n2)cc(C(C)(C)C)c1O. The van der Waals surface area contributed by atoms with Gasteiger partial charge in [-0.25, -0.2) is 4.98 Å². The molecule has 3 rings (SSSR count). The first-order chi connectivity index (χ1) is 12.5. The number of benzene rings is 2. The summed E-state index contributed by atoms with van der Waals surface area (Å²) in [5.41, 5.74) is 4.61. The molecule has 0 atom stereocenters. The van der Waals surface area contributed by atoms with Gasteiger partial charge in [-0.3, -0.25) is 0 Å². The van der Waals surface area contributed by atoms with Crippen LogP contribution in [-0.2, 0) is 10.8 Å². The molecule has 1 heterocycles. The molecule has 142 valence electrons. The summed E-state index contributed by atoms with van der Waals surface area (Å²) in [6, 6.07) is 11.9. The van der Waals surface area contributed by atoms with Crippen molar-refractivity contribution in [1.82, 2.24) is 4.98 Å². The van der Waals surface area contributed by atoms with Gasteiger partial charge in [0, 0.05) is 32.7 Å². The zero-order chi connectivity index (χ0) is 20.0. The van der Waals surface area contributed by atoms with Gasteiger partial charge in [-0.05, 0) is 35.1 Å². The van der Waals surface area contributed by atoms with Crippen LogP contribution in [0.25, 0.3) is 21.8 Å². The smallest absolute Gasteiger partial charge is 0.124 e. The van der Waals surface area contributed by atoms with Crippen LogP contribution in [0.3, 0.4) is 0 Å². The number of aromatic hydroxyl groups is 1. The number of phenols is 1. The summed E-state index contributed by atoms with van der Waals surface area (Å²) in [6.07, 6.45) is 0. The number of rotatable bonds is 2. The minimum absolute atomic E-state index is 0.158. The van der Waals surface area contributed by atoms with Crippen LogP contribution in [0, 0.1) is 0 Å². The number of nitrogens with zero attached hydrogens (tertiary/aromatic N) is 1. The molecule has 1 aromatic heterocycles. The summed E-state index contributed by atoms with van der Waals surface area (Å²) < 4.78 is 0. The molecule has 0 radical (unpaired) electrons. The maximum Gasteiger partial charge on any atom is 0.124 e. The number of hydrogen-bond donors (Lipinski definition) is 1. The maximum absolute atomic E-state index is 10.9. The molecule has 3 aromatic rings. The molecule has 0 spiro atoms. The molecule has 0 bridgehead atoms. The van der Waals surface area contributed by atoms with Crippen molar-refractivity contribution in [3.63, 3.8) is 0 Å². The molecule has 0 unspecified atom stereocenters. The van der Waals surface area contributed by atoms with Gasteiger partial charge in [0.05, 0.1) is 5.69 Å². The average molecular weight is 400 g/mol. The Morgan fingerprint density at radius 3 is 1.85 bits per heavy atom.